The monoisotopic (exact) mass is 430 g/mol. The minimum atomic E-state index is -0.228. The maximum Gasteiger partial charge on any atom is 0.258 e. The van der Waals surface area contributed by atoms with Crippen molar-refractivity contribution in [3.8, 4) is 11.5 Å². The number of anilines is 1. The van der Waals surface area contributed by atoms with Gasteiger partial charge < -0.3 is 19.7 Å². The Hall–Kier alpha value is -3.80. The van der Waals surface area contributed by atoms with Crippen LogP contribution in [0, 0.1) is 0 Å². The Labute approximate surface area is 187 Å². The van der Waals surface area contributed by atoms with Gasteiger partial charge in [0.15, 0.2) is 0 Å². The smallest absolute Gasteiger partial charge is 0.258 e. The molecule has 1 unspecified atom stereocenters. The summed E-state index contributed by atoms with van der Waals surface area (Å²) in [6, 6.07) is 20.5. The van der Waals surface area contributed by atoms with Gasteiger partial charge in [0.1, 0.15) is 11.5 Å². The van der Waals surface area contributed by atoms with E-state index in [0.29, 0.717) is 29.2 Å². The SMILES string of the molecule is COc1cc(OC)cc(C(=O)NCc2ccc3c(c2)N(C(=O)c2ccccc2)C(C)C3)c1. The highest BCUT2D eigenvalue weighted by atomic mass is 16.5. The molecule has 0 fully saturated rings. The standard InChI is InChI=1S/C26H26N2O4/c1-17-11-20-10-9-18(12-24(20)28(17)26(30)19-7-5-4-6-8-19)16-27-25(29)21-13-22(31-2)15-23(14-21)32-3/h4-10,12-15,17H,11,16H2,1-3H3,(H,27,29). The Bertz CT molecular complexity index is 1120. The van der Waals surface area contributed by atoms with Crippen molar-refractivity contribution < 1.29 is 19.1 Å². The number of rotatable bonds is 6. The first-order valence-electron chi connectivity index (χ1n) is 10.5. The summed E-state index contributed by atoms with van der Waals surface area (Å²) in [5.41, 5.74) is 4.08. The van der Waals surface area contributed by atoms with E-state index in [-0.39, 0.29) is 17.9 Å². The molecule has 1 aliphatic heterocycles. The number of ether oxygens (including phenoxy) is 2. The molecule has 2 amide bonds. The van der Waals surface area contributed by atoms with Crippen LogP contribution in [0.5, 0.6) is 11.5 Å². The average Bonchev–Trinajstić information content (AvgIpc) is 3.16. The molecule has 0 aliphatic carbocycles. The van der Waals surface area contributed by atoms with Crippen molar-refractivity contribution in [1.29, 1.82) is 0 Å². The maximum absolute atomic E-state index is 13.1. The van der Waals surface area contributed by atoms with E-state index in [9.17, 15) is 9.59 Å². The molecule has 0 bridgehead atoms. The van der Waals surface area contributed by atoms with Crippen LogP contribution in [0.4, 0.5) is 5.69 Å². The third kappa shape index (κ3) is 4.30. The van der Waals surface area contributed by atoms with Gasteiger partial charge in [0.2, 0.25) is 0 Å². The number of nitrogens with one attached hydrogen (secondary N) is 1. The first-order valence-corrected chi connectivity index (χ1v) is 10.5. The number of carbonyl (C=O) groups excluding carboxylic acids is 2. The van der Waals surface area contributed by atoms with Crippen LogP contribution in [0.3, 0.4) is 0 Å². The predicted molar refractivity (Wildman–Crippen MR) is 124 cm³/mol. The molecule has 1 aliphatic rings. The van der Waals surface area contributed by atoms with Crippen molar-refractivity contribution in [3.63, 3.8) is 0 Å². The van der Waals surface area contributed by atoms with Crippen molar-refractivity contribution in [3.05, 3.63) is 89.0 Å². The Balaban J connectivity index is 1.52. The molecule has 1 N–H and O–H groups in total. The third-order valence-electron chi connectivity index (χ3n) is 5.67. The van der Waals surface area contributed by atoms with Crippen LogP contribution in [0.15, 0.2) is 66.7 Å². The summed E-state index contributed by atoms with van der Waals surface area (Å²) in [7, 11) is 3.09. The fourth-order valence-corrected chi connectivity index (χ4v) is 4.02. The van der Waals surface area contributed by atoms with Gasteiger partial charge in [0.05, 0.1) is 14.2 Å². The summed E-state index contributed by atoms with van der Waals surface area (Å²) in [6.45, 7) is 2.39. The summed E-state index contributed by atoms with van der Waals surface area (Å²) in [4.78, 5) is 27.7. The molecular formula is C26H26N2O4. The van der Waals surface area contributed by atoms with Crippen LogP contribution < -0.4 is 19.7 Å². The van der Waals surface area contributed by atoms with Gasteiger partial charge >= 0.3 is 0 Å². The Morgan fingerprint density at radius 1 is 0.938 bits per heavy atom. The molecule has 6 nitrogen and oxygen atoms in total. The van der Waals surface area contributed by atoms with Crippen LogP contribution in [-0.4, -0.2) is 32.1 Å². The number of hydrogen-bond acceptors (Lipinski definition) is 4. The highest BCUT2D eigenvalue weighted by molar-refractivity contribution is 6.07. The lowest BCUT2D eigenvalue weighted by Gasteiger charge is -2.23. The largest absolute Gasteiger partial charge is 0.497 e. The Kier molecular flexibility index (Phi) is 6.12. The molecule has 0 aromatic heterocycles. The average molecular weight is 431 g/mol. The van der Waals surface area contributed by atoms with E-state index in [1.165, 1.54) is 0 Å². The number of fused-ring (bicyclic) bond motifs is 1. The quantitative estimate of drug-likeness (QED) is 0.636. The Morgan fingerprint density at radius 2 is 1.62 bits per heavy atom. The Morgan fingerprint density at radius 3 is 2.28 bits per heavy atom. The molecule has 1 atom stereocenters. The zero-order valence-electron chi connectivity index (χ0n) is 18.4. The number of nitrogens with zero attached hydrogens (tertiary/aromatic N) is 1. The van der Waals surface area contributed by atoms with Crippen LogP contribution in [0.2, 0.25) is 0 Å². The van der Waals surface area contributed by atoms with Gasteiger partial charge in [-0.2, -0.15) is 0 Å². The van der Waals surface area contributed by atoms with Gasteiger partial charge in [-0.3, -0.25) is 9.59 Å². The zero-order chi connectivity index (χ0) is 22.7. The normalized spacial score (nSPS) is 14.6. The van der Waals surface area contributed by atoms with Crippen molar-refractivity contribution in [2.75, 3.05) is 19.1 Å². The van der Waals surface area contributed by atoms with Gasteiger partial charge in [-0.25, -0.2) is 0 Å². The highest BCUT2D eigenvalue weighted by Crippen LogP contribution is 2.34. The molecular weight excluding hydrogens is 404 g/mol. The molecule has 32 heavy (non-hydrogen) atoms. The lowest BCUT2D eigenvalue weighted by molar-refractivity contribution is 0.0948. The van der Waals surface area contributed by atoms with Gasteiger partial charge in [-0.1, -0.05) is 30.3 Å². The number of benzene rings is 3. The van der Waals surface area contributed by atoms with Crippen LogP contribution >= 0.6 is 0 Å². The third-order valence-corrected chi connectivity index (χ3v) is 5.67. The summed E-state index contributed by atoms with van der Waals surface area (Å²) in [5, 5.41) is 2.94. The molecule has 0 spiro atoms. The molecule has 3 aromatic carbocycles. The second kappa shape index (κ2) is 9.14. The molecule has 0 saturated heterocycles. The van der Waals surface area contributed by atoms with Gasteiger partial charge in [0.25, 0.3) is 11.8 Å². The van der Waals surface area contributed by atoms with E-state index in [1.54, 1.807) is 32.4 Å². The summed E-state index contributed by atoms with van der Waals surface area (Å²) < 4.78 is 10.5. The predicted octanol–water partition coefficient (Wildman–Crippen LogP) is 4.23. The van der Waals surface area contributed by atoms with Crippen molar-refractivity contribution in [2.24, 2.45) is 0 Å². The lowest BCUT2D eigenvalue weighted by Crippen LogP contribution is -2.35. The van der Waals surface area contributed by atoms with E-state index >= 15 is 0 Å². The van der Waals surface area contributed by atoms with Crippen molar-refractivity contribution in [1.82, 2.24) is 5.32 Å². The fraction of sp³-hybridized carbons (Fsp3) is 0.231. The molecule has 1 heterocycles. The van der Waals surface area contributed by atoms with Crippen LogP contribution in [0.25, 0.3) is 0 Å². The lowest BCUT2D eigenvalue weighted by atomic mass is 10.1. The van der Waals surface area contributed by atoms with Gasteiger partial charge in [-0.05, 0) is 54.8 Å². The van der Waals surface area contributed by atoms with Gasteiger partial charge in [0, 0.05) is 35.5 Å². The number of carbonyl (C=O) groups is 2. The minimum absolute atomic E-state index is 0.0125. The number of methoxy groups -OCH3 is 2. The van der Waals surface area contributed by atoms with E-state index < -0.39 is 0 Å². The molecule has 3 aromatic rings. The number of amides is 2. The summed E-state index contributed by atoms with van der Waals surface area (Å²) in [5.74, 6) is 0.863. The summed E-state index contributed by atoms with van der Waals surface area (Å²) >= 11 is 0. The molecule has 164 valence electrons. The minimum Gasteiger partial charge on any atom is -0.497 e. The number of hydrogen-bond donors (Lipinski definition) is 1. The van der Waals surface area contributed by atoms with E-state index in [4.69, 9.17) is 9.47 Å². The molecule has 0 radical (unpaired) electrons. The van der Waals surface area contributed by atoms with Crippen molar-refractivity contribution in [2.45, 2.75) is 25.9 Å². The second-order valence-electron chi connectivity index (χ2n) is 7.84. The van der Waals surface area contributed by atoms with Crippen LogP contribution in [-0.2, 0) is 13.0 Å². The fourth-order valence-electron chi connectivity index (χ4n) is 4.02. The van der Waals surface area contributed by atoms with E-state index in [1.807, 2.05) is 53.4 Å². The maximum atomic E-state index is 13.1. The molecule has 6 heteroatoms. The van der Waals surface area contributed by atoms with E-state index in [0.717, 1.165) is 23.2 Å². The second-order valence-corrected chi connectivity index (χ2v) is 7.84. The first kappa shape index (κ1) is 21.4. The molecule has 0 saturated carbocycles. The molecule has 4 rings (SSSR count). The van der Waals surface area contributed by atoms with Gasteiger partial charge in [-0.15, -0.1) is 0 Å². The van der Waals surface area contributed by atoms with E-state index in [2.05, 4.69) is 12.2 Å². The topological polar surface area (TPSA) is 67.9 Å². The zero-order valence-corrected chi connectivity index (χ0v) is 18.4. The summed E-state index contributed by atoms with van der Waals surface area (Å²) in [6.07, 6.45) is 0.810. The van der Waals surface area contributed by atoms with Crippen molar-refractivity contribution >= 4 is 17.5 Å². The highest BCUT2D eigenvalue weighted by Gasteiger charge is 2.31. The first-order chi connectivity index (χ1) is 15.5. The van der Waals surface area contributed by atoms with Crippen LogP contribution in [0.1, 0.15) is 38.8 Å².